The summed E-state index contributed by atoms with van der Waals surface area (Å²) in [6.07, 6.45) is 1.40. The van der Waals surface area contributed by atoms with Crippen molar-refractivity contribution in [2.45, 2.75) is 18.9 Å². The summed E-state index contributed by atoms with van der Waals surface area (Å²) in [5, 5.41) is 2.83. The SMILES string of the molecule is COCCCC(N)C(=O)Nc1cccc(N(C)C)c1. The van der Waals surface area contributed by atoms with Gasteiger partial charge in [0.05, 0.1) is 6.04 Å². The maximum Gasteiger partial charge on any atom is 0.241 e. The summed E-state index contributed by atoms with van der Waals surface area (Å²) in [5.74, 6) is -0.160. The lowest BCUT2D eigenvalue weighted by Crippen LogP contribution is -2.35. The smallest absolute Gasteiger partial charge is 0.241 e. The van der Waals surface area contributed by atoms with E-state index in [1.807, 2.05) is 43.3 Å². The van der Waals surface area contributed by atoms with Crippen LogP contribution in [-0.2, 0) is 9.53 Å². The molecule has 1 aromatic carbocycles. The topological polar surface area (TPSA) is 67.6 Å². The zero-order valence-electron chi connectivity index (χ0n) is 11.8. The zero-order chi connectivity index (χ0) is 14.3. The molecule has 1 rings (SSSR count). The van der Waals surface area contributed by atoms with Gasteiger partial charge in [0, 0.05) is 39.2 Å². The highest BCUT2D eigenvalue weighted by Gasteiger charge is 2.13. The van der Waals surface area contributed by atoms with E-state index in [1.54, 1.807) is 7.11 Å². The van der Waals surface area contributed by atoms with Gasteiger partial charge >= 0.3 is 0 Å². The van der Waals surface area contributed by atoms with E-state index < -0.39 is 6.04 Å². The van der Waals surface area contributed by atoms with E-state index in [-0.39, 0.29) is 5.91 Å². The van der Waals surface area contributed by atoms with Crippen LogP contribution in [-0.4, -0.2) is 39.8 Å². The number of amides is 1. The van der Waals surface area contributed by atoms with Crippen LogP contribution < -0.4 is 16.0 Å². The van der Waals surface area contributed by atoms with Gasteiger partial charge in [-0.05, 0) is 31.0 Å². The number of nitrogens with one attached hydrogen (secondary N) is 1. The molecular formula is C14H23N3O2. The Morgan fingerprint density at radius 2 is 2.21 bits per heavy atom. The molecule has 0 aliphatic heterocycles. The summed E-state index contributed by atoms with van der Waals surface area (Å²) in [6.45, 7) is 0.622. The number of hydrogen-bond acceptors (Lipinski definition) is 4. The van der Waals surface area contributed by atoms with Gasteiger partial charge in [-0.15, -0.1) is 0 Å². The number of hydrogen-bond donors (Lipinski definition) is 2. The number of nitrogens with zero attached hydrogens (tertiary/aromatic N) is 1. The Bertz CT molecular complexity index is 407. The number of carbonyl (C=O) groups is 1. The molecule has 19 heavy (non-hydrogen) atoms. The number of nitrogens with two attached hydrogens (primary N) is 1. The van der Waals surface area contributed by atoms with Crippen molar-refractivity contribution in [1.82, 2.24) is 0 Å². The maximum absolute atomic E-state index is 11.9. The number of anilines is 2. The maximum atomic E-state index is 11.9. The predicted molar refractivity (Wildman–Crippen MR) is 78.5 cm³/mol. The normalized spacial score (nSPS) is 12.0. The lowest BCUT2D eigenvalue weighted by Gasteiger charge is -2.15. The average Bonchev–Trinajstić information content (AvgIpc) is 2.39. The molecule has 1 amide bonds. The second-order valence-corrected chi connectivity index (χ2v) is 4.68. The summed E-state index contributed by atoms with van der Waals surface area (Å²) in [5.41, 5.74) is 7.62. The van der Waals surface area contributed by atoms with E-state index in [1.165, 1.54) is 0 Å². The Hall–Kier alpha value is -1.59. The number of rotatable bonds is 7. The van der Waals surface area contributed by atoms with Crippen molar-refractivity contribution in [2.24, 2.45) is 5.73 Å². The number of benzene rings is 1. The summed E-state index contributed by atoms with van der Waals surface area (Å²) < 4.78 is 4.94. The summed E-state index contributed by atoms with van der Waals surface area (Å²) in [6, 6.07) is 7.15. The van der Waals surface area contributed by atoms with Crippen LogP contribution in [0.15, 0.2) is 24.3 Å². The van der Waals surface area contributed by atoms with Crippen molar-refractivity contribution in [3.8, 4) is 0 Å². The molecule has 0 radical (unpaired) electrons. The molecule has 1 aromatic rings. The van der Waals surface area contributed by atoms with Crippen LogP contribution in [0.4, 0.5) is 11.4 Å². The van der Waals surface area contributed by atoms with Crippen molar-refractivity contribution in [1.29, 1.82) is 0 Å². The first-order valence-electron chi connectivity index (χ1n) is 6.37. The standard InChI is InChI=1S/C14H23N3O2/c1-17(2)12-7-4-6-11(10-12)16-14(18)13(15)8-5-9-19-3/h4,6-7,10,13H,5,8-9,15H2,1-3H3,(H,16,18). The first kappa shape index (κ1) is 15.5. The number of methoxy groups -OCH3 is 1. The Morgan fingerprint density at radius 1 is 1.47 bits per heavy atom. The van der Waals surface area contributed by atoms with Gasteiger partial charge in [-0.1, -0.05) is 6.07 Å². The molecule has 0 saturated carbocycles. The quantitative estimate of drug-likeness (QED) is 0.732. The van der Waals surface area contributed by atoms with E-state index in [0.29, 0.717) is 13.0 Å². The van der Waals surface area contributed by atoms with Crippen molar-refractivity contribution in [2.75, 3.05) is 38.0 Å². The lowest BCUT2D eigenvalue weighted by molar-refractivity contribution is -0.117. The molecule has 0 fully saturated rings. The van der Waals surface area contributed by atoms with E-state index in [0.717, 1.165) is 17.8 Å². The molecule has 0 aliphatic carbocycles. The fourth-order valence-electron chi connectivity index (χ4n) is 1.68. The minimum Gasteiger partial charge on any atom is -0.385 e. The molecule has 0 heterocycles. The molecule has 1 unspecified atom stereocenters. The third-order valence-electron chi connectivity index (χ3n) is 2.83. The van der Waals surface area contributed by atoms with E-state index in [9.17, 15) is 4.79 Å². The van der Waals surface area contributed by atoms with Crippen LogP contribution in [0.5, 0.6) is 0 Å². The van der Waals surface area contributed by atoms with Crippen LogP contribution in [0.25, 0.3) is 0 Å². The Morgan fingerprint density at radius 3 is 2.84 bits per heavy atom. The van der Waals surface area contributed by atoms with Gasteiger partial charge in [0.1, 0.15) is 0 Å². The Balaban J connectivity index is 2.54. The molecule has 3 N–H and O–H groups in total. The third-order valence-corrected chi connectivity index (χ3v) is 2.83. The molecule has 0 aromatic heterocycles. The van der Waals surface area contributed by atoms with Gasteiger partial charge in [-0.25, -0.2) is 0 Å². The van der Waals surface area contributed by atoms with E-state index in [4.69, 9.17) is 10.5 Å². The summed E-state index contributed by atoms with van der Waals surface area (Å²) in [7, 11) is 5.55. The number of ether oxygens (including phenoxy) is 1. The molecule has 106 valence electrons. The highest BCUT2D eigenvalue weighted by atomic mass is 16.5. The minimum absolute atomic E-state index is 0.160. The molecule has 1 atom stereocenters. The molecule has 5 heteroatoms. The average molecular weight is 265 g/mol. The summed E-state index contributed by atoms with van der Waals surface area (Å²) >= 11 is 0. The molecule has 0 saturated heterocycles. The second-order valence-electron chi connectivity index (χ2n) is 4.68. The van der Waals surface area contributed by atoms with Crippen molar-refractivity contribution in [3.05, 3.63) is 24.3 Å². The monoisotopic (exact) mass is 265 g/mol. The van der Waals surface area contributed by atoms with E-state index in [2.05, 4.69) is 5.32 Å². The zero-order valence-corrected chi connectivity index (χ0v) is 11.8. The molecule has 0 aliphatic rings. The largest absolute Gasteiger partial charge is 0.385 e. The van der Waals surface area contributed by atoms with Crippen LogP contribution in [0, 0.1) is 0 Å². The van der Waals surface area contributed by atoms with Crippen molar-refractivity contribution >= 4 is 17.3 Å². The van der Waals surface area contributed by atoms with E-state index >= 15 is 0 Å². The van der Waals surface area contributed by atoms with Gasteiger partial charge in [-0.3, -0.25) is 4.79 Å². The second kappa shape index (κ2) is 7.76. The van der Waals surface area contributed by atoms with Gasteiger partial charge in [0.2, 0.25) is 5.91 Å². The van der Waals surface area contributed by atoms with Crippen molar-refractivity contribution < 1.29 is 9.53 Å². The molecule has 5 nitrogen and oxygen atoms in total. The van der Waals surface area contributed by atoms with Gasteiger partial charge < -0.3 is 20.7 Å². The highest BCUT2D eigenvalue weighted by molar-refractivity contribution is 5.95. The lowest BCUT2D eigenvalue weighted by atomic mass is 10.1. The highest BCUT2D eigenvalue weighted by Crippen LogP contribution is 2.17. The third kappa shape index (κ3) is 5.28. The van der Waals surface area contributed by atoms with Gasteiger partial charge in [-0.2, -0.15) is 0 Å². The summed E-state index contributed by atoms with van der Waals surface area (Å²) in [4.78, 5) is 13.9. The fraction of sp³-hybridized carbons (Fsp3) is 0.500. The number of carbonyl (C=O) groups excluding carboxylic acids is 1. The molecule has 0 spiro atoms. The first-order chi connectivity index (χ1) is 9.04. The molecule has 0 bridgehead atoms. The Labute approximate surface area is 114 Å². The van der Waals surface area contributed by atoms with Crippen LogP contribution in [0.2, 0.25) is 0 Å². The van der Waals surface area contributed by atoms with Crippen LogP contribution in [0.3, 0.4) is 0 Å². The Kier molecular flexibility index (Phi) is 6.32. The van der Waals surface area contributed by atoms with Crippen LogP contribution >= 0.6 is 0 Å². The van der Waals surface area contributed by atoms with Gasteiger partial charge in [0.15, 0.2) is 0 Å². The van der Waals surface area contributed by atoms with Crippen molar-refractivity contribution in [3.63, 3.8) is 0 Å². The minimum atomic E-state index is -0.502. The fourth-order valence-corrected chi connectivity index (χ4v) is 1.68. The van der Waals surface area contributed by atoms with Crippen LogP contribution in [0.1, 0.15) is 12.8 Å². The molecular weight excluding hydrogens is 242 g/mol. The van der Waals surface area contributed by atoms with Gasteiger partial charge in [0.25, 0.3) is 0 Å². The predicted octanol–water partition coefficient (Wildman–Crippen LogP) is 1.44. The first-order valence-corrected chi connectivity index (χ1v) is 6.37.